The topological polar surface area (TPSA) is 66.5 Å². The van der Waals surface area contributed by atoms with Gasteiger partial charge in [0.1, 0.15) is 0 Å². The lowest BCUT2D eigenvalue weighted by atomic mass is 10.0. The first kappa shape index (κ1) is 19.7. The molecular weight excluding hydrogens is 452 g/mol. The summed E-state index contributed by atoms with van der Waals surface area (Å²) in [5.41, 5.74) is 2.70. The minimum atomic E-state index is -3.63. The Morgan fingerprint density at radius 2 is 1.69 bits per heavy atom. The Kier molecular flexibility index (Phi) is 5.43. The second-order valence-electron chi connectivity index (χ2n) is 6.80. The van der Waals surface area contributed by atoms with Gasteiger partial charge in [0.05, 0.1) is 10.6 Å². The molecule has 29 heavy (non-hydrogen) atoms. The van der Waals surface area contributed by atoms with Crippen molar-refractivity contribution in [2.24, 2.45) is 0 Å². The van der Waals surface area contributed by atoms with Crippen LogP contribution < -0.4 is 9.62 Å². The van der Waals surface area contributed by atoms with Gasteiger partial charge in [0.15, 0.2) is 0 Å². The lowest BCUT2D eigenvalue weighted by Gasteiger charge is -2.30. The van der Waals surface area contributed by atoms with E-state index >= 15 is 0 Å². The van der Waals surface area contributed by atoms with Gasteiger partial charge in [-0.2, -0.15) is 0 Å². The number of hydrogen-bond donors (Lipinski definition) is 1. The molecule has 7 heteroatoms. The van der Waals surface area contributed by atoms with Crippen molar-refractivity contribution in [3.63, 3.8) is 0 Å². The van der Waals surface area contributed by atoms with E-state index in [0.29, 0.717) is 29.9 Å². The molecule has 0 saturated carbocycles. The molecule has 0 unspecified atom stereocenters. The number of hydrogen-bond acceptors (Lipinski definition) is 3. The van der Waals surface area contributed by atoms with Gasteiger partial charge < -0.3 is 5.32 Å². The molecule has 1 aliphatic heterocycles. The van der Waals surface area contributed by atoms with Crippen molar-refractivity contribution < 1.29 is 13.2 Å². The number of anilines is 2. The molecule has 0 spiro atoms. The summed E-state index contributed by atoms with van der Waals surface area (Å²) in [6.07, 6.45) is 1.44. The fraction of sp³-hybridized carbons (Fsp3) is 0.136. The molecule has 4 rings (SSSR count). The highest BCUT2D eigenvalue weighted by Crippen LogP contribution is 2.32. The number of nitrogens with one attached hydrogen (secondary N) is 1. The van der Waals surface area contributed by atoms with Crippen molar-refractivity contribution in [2.45, 2.75) is 17.7 Å². The van der Waals surface area contributed by atoms with Crippen LogP contribution in [0.5, 0.6) is 0 Å². The van der Waals surface area contributed by atoms with Crippen LogP contribution >= 0.6 is 15.9 Å². The summed E-state index contributed by atoms with van der Waals surface area (Å²) in [5, 5.41) is 2.87. The lowest BCUT2D eigenvalue weighted by molar-refractivity contribution is 0.102. The molecule has 0 aliphatic carbocycles. The minimum absolute atomic E-state index is 0.224. The van der Waals surface area contributed by atoms with Gasteiger partial charge in [-0.3, -0.25) is 9.10 Å². The van der Waals surface area contributed by atoms with Crippen molar-refractivity contribution in [3.05, 3.63) is 88.4 Å². The standard InChI is InChI=1S/C22H19BrN2O3S/c23-18-9-11-19(12-10-18)24-22(26)17-8-13-21-16(15-17)5-4-14-25(21)29(27,28)20-6-2-1-3-7-20/h1-3,6-13,15H,4-5,14H2,(H,24,26). The first-order valence-corrected chi connectivity index (χ1v) is 11.5. The smallest absolute Gasteiger partial charge is 0.264 e. The van der Waals surface area contributed by atoms with Crippen molar-refractivity contribution in [1.82, 2.24) is 0 Å². The highest BCUT2D eigenvalue weighted by molar-refractivity contribution is 9.10. The Morgan fingerprint density at radius 1 is 0.966 bits per heavy atom. The van der Waals surface area contributed by atoms with Gasteiger partial charge in [0.2, 0.25) is 0 Å². The SMILES string of the molecule is O=C(Nc1ccc(Br)cc1)c1ccc2c(c1)CCCN2S(=O)(=O)c1ccccc1. The van der Waals surface area contributed by atoms with E-state index in [1.165, 1.54) is 4.31 Å². The summed E-state index contributed by atoms with van der Waals surface area (Å²) < 4.78 is 28.5. The van der Waals surface area contributed by atoms with Crippen LogP contribution in [0.2, 0.25) is 0 Å². The molecule has 5 nitrogen and oxygen atoms in total. The number of fused-ring (bicyclic) bond motifs is 1. The van der Waals surface area contributed by atoms with E-state index in [4.69, 9.17) is 0 Å². The molecule has 1 aliphatic rings. The summed E-state index contributed by atoms with van der Waals surface area (Å²) in [5.74, 6) is -0.224. The largest absolute Gasteiger partial charge is 0.322 e. The van der Waals surface area contributed by atoms with Crippen molar-refractivity contribution in [2.75, 3.05) is 16.2 Å². The number of rotatable bonds is 4. The molecule has 3 aromatic carbocycles. The predicted molar refractivity (Wildman–Crippen MR) is 118 cm³/mol. The van der Waals surface area contributed by atoms with Crippen LogP contribution in [-0.4, -0.2) is 20.9 Å². The molecule has 3 aromatic rings. The van der Waals surface area contributed by atoms with Gasteiger partial charge in [0, 0.05) is 22.3 Å². The van der Waals surface area contributed by atoms with E-state index in [9.17, 15) is 13.2 Å². The predicted octanol–water partition coefficient (Wildman–Crippen LogP) is 4.84. The molecule has 0 aromatic heterocycles. The van der Waals surface area contributed by atoms with Crippen LogP contribution in [0.15, 0.2) is 82.2 Å². The van der Waals surface area contributed by atoms with E-state index in [2.05, 4.69) is 21.2 Å². The molecule has 1 heterocycles. The number of nitrogens with zero attached hydrogens (tertiary/aromatic N) is 1. The summed E-state index contributed by atoms with van der Waals surface area (Å²) in [6, 6.07) is 21.0. The molecule has 0 atom stereocenters. The Labute approximate surface area is 178 Å². The third-order valence-electron chi connectivity index (χ3n) is 4.85. The zero-order valence-electron chi connectivity index (χ0n) is 15.5. The van der Waals surface area contributed by atoms with Crippen LogP contribution in [0.3, 0.4) is 0 Å². The zero-order valence-corrected chi connectivity index (χ0v) is 17.9. The first-order valence-electron chi connectivity index (χ1n) is 9.23. The second kappa shape index (κ2) is 8.00. The van der Waals surface area contributed by atoms with Crippen molar-refractivity contribution in [1.29, 1.82) is 0 Å². The van der Waals surface area contributed by atoms with Crippen LogP contribution in [-0.2, 0) is 16.4 Å². The van der Waals surface area contributed by atoms with Gasteiger partial charge in [-0.1, -0.05) is 34.1 Å². The summed E-state index contributed by atoms with van der Waals surface area (Å²) >= 11 is 3.37. The fourth-order valence-corrected chi connectivity index (χ4v) is 5.24. The number of aryl methyl sites for hydroxylation is 1. The quantitative estimate of drug-likeness (QED) is 0.592. The number of halogens is 1. The first-order chi connectivity index (χ1) is 13.9. The molecule has 0 saturated heterocycles. The van der Waals surface area contributed by atoms with Crippen LogP contribution in [0, 0.1) is 0 Å². The number of benzene rings is 3. The van der Waals surface area contributed by atoms with Gasteiger partial charge in [-0.15, -0.1) is 0 Å². The normalized spacial score (nSPS) is 13.6. The van der Waals surface area contributed by atoms with E-state index in [-0.39, 0.29) is 10.8 Å². The van der Waals surface area contributed by atoms with E-state index < -0.39 is 10.0 Å². The zero-order chi connectivity index (χ0) is 20.4. The average molecular weight is 471 g/mol. The summed E-state index contributed by atoms with van der Waals surface area (Å²) in [7, 11) is -3.63. The van der Waals surface area contributed by atoms with Gasteiger partial charge in [-0.05, 0) is 73.0 Å². The van der Waals surface area contributed by atoms with E-state index in [0.717, 1.165) is 16.5 Å². The van der Waals surface area contributed by atoms with Crippen molar-refractivity contribution >= 4 is 43.2 Å². The maximum atomic E-state index is 13.1. The number of carbonyl (C=O) groups is 1. The molecule has 0 bridgehead atoms. The molecule has 0 fully saturated rings. The molecule has 148 valence electrons. The summed E-state index contributed by atoms with van der Waals surface area (Å²) in [4.78, 5) is 12.9. The third-order valence-corrected chi connectivity index (χ3v) is 7.21. The minimum Gasteiger partial charge on any atom is -0.322 e. The molecular formula is C22H19BrN2O3S. The third kappa shape index (κ3) is 4.06. The highest BCUT2D eigenvalue weighted by Gasteiger charge is 2.29. The van der Waals surface area contributed by atoms with Gasteiger partial charge in [-0.25, -0.2) is 8.42 Å². The Bertz CT molecular complexity index is 1150. The van der Waals surface area contributed by atoms with Gasteiger partial charge >= 0.3 is 0 Å². The Hall–Kier alpha value is -2.64. The second-order valence-corrected chi connectivity index (χ2v) is 9.58. The van der Waals surface area contributed by atoms with E-state index in [1.807, 2.05) is 24.3 Å². The summed E-state index contributed by atoms with van der Waals surface area (Å²) in [6.45, 7) is 0.425. The number of carbonyl (C=O) groups excluding carboxylic acids is 1. The van der Waals surface area contributed by atoms with Crippen molar-refractivity contribution in [3.8, 4) is 0 Å². The molecule has 1 N–H and O–H groups in total. The fourth-order valence-electron chi connectivity index (χ4n) is 3.41. The Morgan fingerprint density at radius 3 is 2.41 bits per heavy atom. The number of sulfonamides is 1. The average Bonchev–Trinajstić information content (AvgIpc) is 2.75. The highest BCUT2D eigenvalue weighted by atomic mass is 79.9. The van der Waals surface area contributed by atoms with Crippen LogP contribution in [0.1, 0.15) is 22.3 Å². The van der Waals surface area contributed by atoms with Crippen LogP contribution in [0.4, 0.5) is 11.4 Å². The Balaban J connectivity index is 1.62. The molecule has 1 amide bonds. The maximum absolute atomic E-state index is 13.1. The van der Waals surface area contributed by atoms with E-state index in [1.54, 1.807) is 48.5 Å². The monoisotopic (exact) mass is 470 g/mol. The maximum Gasteiger partial charge on any atom is 0.264 e. The molecule has 0 radical (unpaired) electrons. The van der Waals surface area contributed by atoms with Gasteiger partial charge in [0.25, 0.3) is 15.9 Å². The number of amides is 1. The lowest BCUT2D eigenvalue weighted by Crippen LogP contribution is -2.35. The van der Waals surface area contributed by atoms with Crippen LogP contribution in [0.25, 0.3) is 0 Å².